The Balaban J connectivity index is 1.74. The van der Waals surface area contributed by atoms with Crippen molar-refractivity contribution in [2.75, 3.05) is 10.6 Å². The molecule has 0 bridgehead atoms. The molecule has 0 saturated heterocycles. The van der Waals surface area contributed by atoms with E-state index in [1.165, 1.54) is 12.8 Å². The van der Waals surface area contributed by atoms with Crippen LogP contribution in [0.2, 0.25) is 0 Å². The van der Waals surface area contributed by atoms with Crippen molar-refractivity contribution in [2.45, 2.75) is 71.6 Å². The van der Waals surface area contributed by atoms with Crippen molar-refractivity contribution in [1.82, 2.24) is 19.5 Å². The molecule has 0 aliphatic heterocycles. The highest BCUT2D eigenvalue weighted by molar-refractivity contribution is 5.76. The third kappa shape index (κ3) is 4.55. The molecular formula is C23H31FN6. The summed E-state index contributed by atoms with van der Waals surface area (Å²) < 4.78 is 15.1. The maximum absolute atomic E-state index is 12.9. The number of aromatic nitrogens is 4. The molecule has 2 heterocycles. The average molecular weight is 411 g/mol. The second kappa shape index (κ2) is 8.20. The van der Waals surface area contributed by atoms with Gasteiger partial charge >= 0.3 is 0 Å². The number of fused-ring (bicyclic) bond motifs is 1. The van der Waals surface area contributed by atoms with Crippen LogP contribution in [0.3, 0.4) is 0 Å². The first-order valence-corrected chi connectivity index (χ1v) is 10.8. The molecule has 30 heavy (non-hydrogen) atoms. The fourth-order valence-electron chi connectivity index (χ4n) is 4.03. The highest BCUT2D eigenvalue weighted by Crippen LogP contribution is 2.36. The minimum atomic E-state index is -0.460. The van der Waals surface area contributed by atoms with Gasteiger partial charge in [-0.2, -0.15) is 4.98 Å². The Morgan fingerprint density at radius 2 is 1.77 bits per heavy atom. The lowest BCUT2D eigenvalue weighted by Gasteiger charge is -2.28. The molecule has 1 aromatic carbocycles. The number of hydrogen-bond donors (Lipinski definition) is 2. The zero-order valence-electron chi connectivity index (χ0n) is 18.2. The summed E-state index contributed by atoms with van der Waals surface area (Å²) in [6, 6.07) is 7.71. The minimum absolute atomic E-state index is 0.127. The van der Waals surface area contributed by atoms with Gasteiger partial charge in [0.1, 0.15) is 12.2 Å². The summed E-state index contributed by atoms with van der Waals surface area (Å²) in [6.45, 7) is 8.14. The molecule has 160 valence electrons. The third-order valence-corrected chi connectivity index (χ3v) is 5.63. The molecule has 0 atom stereocenters. The summed E-state index contributed by atoms with van der Waals surface area (Å²) in [5.74, 6) is 2.13. The number of hydrogen-bond acceptors (Lipinski definition) is 5. The van der Waals surface area contributed by atoms with E-state index in [4.69, 9.17) is 9.97 Å². The van der Waals surface area contributed by atoms with Gasteiger partial charge in [-0.1, -0.05) is 19.1 Å². The van der Waals surface area contributed by atoms with Crippen molar-refractivity contribution in [3.8, 4) is 0 Å². The van der Waals surface area contributed by atoms with Gasteiger partial charge in [0.05, 0.1) is 6.20 Å². The summed E-state index contributed by atoms with van der Waals surface area (Å²) in [5, 5.41) is 6.79. The van der Waals surface area contributed by atoms with Crippen LogP contribution >= 0.6 is 0 Å². The largest absolute Gasteiger partial charge is 0.350 e. The molecule has 0 radical (unpaired) electrons. The minimum Gasteiger partial charge on any atom is -0.350 e. The van der Waals surface area contributed by atoms with Gasteiger partial charge in [0.2, 0.25) is 11.9 Å². The Labute approximate surface area is 177 Å². The Morgan fingerprint density at radius 3 is 2.40 bits per heavy atom. The number of benzene rings is 1. The number of anilines is 3. The standard InChI is InChI=1S/C23H31FN6/c1-15-5-11-18(12-6-15)30-20-19(14-25-21(28-20)29-23(2,3)4)27-22(30)26-17-9-7-16(13-24)8-10-17/h7-10,14-15,18H,5-6,11-13H2,1-4H3,(H,26,27)(H,25,28,29). The molecular weight excluding hydrogens is 379 g/mol. The monoisotopic (exact) mass is 410 g/mol. The first kappa shape index (κ1) is 20.6. The predicted octanol–water partition coefficient (Wildman–Crippen LogP) is 6.00. The Morgan fingerprint density at radius 1 is 1.07 bits per heavy atom. The second-order valence-electron chi connectivity index (χ2n) is 9.45. The maximum Gasteiger partial charge on any atom is 0.225 e. The molecule has 1 saturated carbocycles. The molecule has 1 aliphatic rings. The molecule has 0 amide bonds. The number of halogens is 1. The van der Waals surface area contributed by atoms with E-state index in [1.807, 2.05) is 12.1 Å². The van der Waals surface area contributed by atoms with Crippen LogP contribution in [0.5, 0.6) is 0 Å². The van der Waals surface area contributed by atoms with Gasteiger partial charge in [-0.25, -0.2) is 14.4 Å². The van der Waals surface area contributed by atoms with Crippen LogP contribution in [0.15, 0.2) is 30.5 Å². The van der Waals surface area contributed by atoms with Crippen molar-refractivity contribution in [3.05, 3.63) is 36.0 Å². The van der Waals surface area contributed by atoms with Crippen LogP contribution in [0.25, 0.3) is 11.2 Å². The topological polar surface area (TPSA) is 67.7 Å². The number of alkyl halides is 1. The second-order valence-corrected chi connectivity index (χ2v) is 9.45. The molecule has 0 spiro atoms. The molecule has 6 nitrogen and oxygen atoms in total. The molecule has 7 heteroatoms. The lowest BCUT2D eigenvalue weighted by atomic mass is 9.87. The molecule has 2 N–H and O–H groups in total. The lowest BCUT2D eigenvalue weighted by molar-refractivity contribution is 0.295. The number of nitrogens with zero attached hydrogens (tertiary/aromatic N) is 4. The summed E-state index contributed by atoms with van der Waals surface area (Å²) in [5.41, 5.74) is 3.04. The summed E-state index contributed by atoms with van der Waals surface area (Å²) >= 11 is 0. The Kier molecular flexibility index (Phi) is 5.62. The highest BCUT2D eigenvalue weighted by Gasteiger charge is 2.25. The fraction of sp³-hybridized carbons (Fsp3) is 0.522. The van der Waals surface area contributed by atoms with E-state index in [0.717, 1.165) is 41.6 Å². The fourth-order valence-corrected chi connectivity index (χ4v) is 4.03. The first-order valence-electron chi connectivity index (χ1n) is 10.8. The van der Waals surface area contributed by atoms with Crippen molar-refractivity contribution < 1.29 is 4.39 Å². The Hall–Kier alpha value is -2.70. The zero-order valence-corrected chi connectivity index (χ0v) is 18.2. The normalized spacial score (nSPS) is 19.8. The SMILES string of the molecule is CC1CCC(n2c(Nc3ccc(CF)cc3)nc3cnc(NC(C)(C)C)nc32)CC1. The van der Waals surface area contributed by atoms with Crippen molar-refractivity contribution >= 4 is 28.7 Å². The zero-order chi connectivity index (χ0) is 21.3. The van der Waals surface area contributed by atoms with E-state index in [-0.39, 0.29) is 5.54 Å². The van der Waals surface area contributed by atoms with E-state index in [0.29, 0.717) is 17.6 Å². The van der Waals surface area contributed by atoms with Crippen LogP contribution in [0.1, 0.15) is 65.0 Å². The van der Waals surface area contributed by atoms with Crippen molar-refractivity contribution in [2.24, 2.45) is 5.92 Å². The number of nitrogens with one attached hydrogen (secondary N) is 2. The number of rotatable bonds is 5. The van der Waals surface area contributed by atoms with E-state index >= 15 is 0 Å². The molecule has 1 fully saturated rings. The van der Waals surface area contributed by atoms with Crippen LogP contribution in [0, 0.1) is 5.92 Å². The lowest BCUT2D eigenvalue weighted by Crippen LogP contribution is -2.27. The van der Waals surface area contributed by atoms with E-state index in [2.05, 4.69) is 47.9 Å². The molecule has 4 rings (SSSR count). The van der Waals surface area contributed by atoms with Gasteiger partial charge in [0.15, 0.2) is 5.65 Å². The van der Waals surface area contributed by atoms with E-state index < -0.39 is 6.67 Å². The van der Waals surface area contributed by atoms with Crippen LogP contribution in [-0.4, -0.2) is 25.1 Å². The molecule has 1 aliphatic carbocycles. The summed E-state index contributed by atoms with van der Waals surface area (Å²) in [7, 11) is 0. The van der Waals surface area contributed by atoms with E-state index in [9.17, 15) is 4.39 Å². The molecule has 2 aromatic heterocycles. The van der Waals surface area contributed by atoms with Gasteiger partial charge in [-0.05, 0) is 70.1 Å². The van der Waals surface area contributed by atoms with E-state index in [1.54, 1.807) is 18.3 Å². The van der Waals surface area contributed by atoms with Gasteiger partial charge in [0, 0.05) is 17.3 Å². The van der Waals surface area contributed by atoms with Gasteiger partial charge in [-0.3, -0.25) is 4.57 Å². The van der Waals surface area contributed by atoms with Crippen LogP contribution < -0.4 is 10.6 Å². The van der Waals surface area contributed by atoms with Crippen molar-refractivity contribution in [1.29, 1.82) is 0 Å². The van der Waals surface area contributed by atoms with Gasteiger partial charge in [0.25, 0.3) is 0 Å². The average Bonchev–Trinajstić information content (AvgIpc) is 3.05. The third-order valence-electron chi connectivity index (χ3n) is 5.63. The molecule has 0 unspecified atom stereocenters. The number of imidazole rings is 1. The Bertz CT molecular complexity index is 997. The van der Waals surface area contributed by atoms with Crippen molar-refractivity contribution in [3.63, 3.8) is 0 Å². The predicted molar refractivity (Wildman–Crippen MR) is 120 cm³/mol. The summed E-state index contributed by atoms with van der Waals surface area (Å²) in [4.78, 5) is 14.1. The highest BCUT2D eigenvalue weighted by atomic mass is 19.1. The van der Waals surface area contributed by atoms with Gasteiger partial charge < -0.3 is 10.6 Å². The smallest absolute Gasteiger partial charge is 0.225 e. The summed E-state index contributed by atoms with van der Waals surface area (Å²) in [6.07, 6.45) is 6.40. The van der Waals surface area contributed by atoms with Crippen LogP contribution in [-0.2, 0) is 6.67 Å². The quantitative estimate of drug-likeness (QED) is 0.540. The van der Waals surface area contributed by atoms with Crippen LogP contribution in [0.4, 0.5) is 22.0 Å². The maximum atomic E-state index is 12.9. The van der Waals surface area contributed by atoms with Gasteiger partial charge in [-0.15, -0.1) is 0 Å². The first-order chi connectivity index (χ1) is 14.3. The molecule has 3 aromatic rings.